The van der Waals surface area contributed by atoms with Crippen molar-refractivity contribution in [3.63, 3.8) is 0 Å². The SMILES string of the molecule is CN(c1cn(CCCOCCCOC(C)(C)C)nn1)C1C(O)C(O)C(O)C(O)C1O. The molecule has 30 heavy (non-hydrogen) atoms. The molecule has 0 spiro atoms. The molecule has 11 heteroatoms. The molecule has 1 aromatic rings. The Labute approximate surface area is 176 Å². The molecule has 0 amide bonds. The quantitative estimate of drug-likeness (QED) is 0.276. The van der Waals surface area contributed by atoms with Crippen LogP contribution < -0.4 is 4.90 Å². The molecule has 1 aliphatic carbocycles. The summed E-state index contributed by atoms with van der Waals surface area (Å²) >= 11 is 0. The van der Waals surface area contributed by atoms with Crippen LogP contribution in [-0.2, 0) is 16.0 Å². The molecule has 5 N–H and O–H groups in total. The highest BCUT2D eigenvalue weighted by Gasteiger charge is 2.50. The second kappa shape index (κ2) is 10.8. The van der Waals surface area contributed by atoms with E-state index in [-0.39, 0.29) is 5.60 Å². The van der Waals surface area contributed by atoms with E-state index in [4.69, 9.17) is 9.47 Å². The van der Waals surface area contributed by atoms with Crippen LogP contribution in [0.25, 0.3) is 0 Å². The third kappa shape index (κ3) is 6.58. The molecule has 0 aromatic carbocycles. The van der Waals surface area contributed by atoms with Crippen LogP contribution in [0.2, 0.25) is 0 Å². The third-order valence-corrected chi connectivity index (χ3v) is 5.08. The van der Waals surface area contributed by atoms with Gasteiger partial charge < -0.3 is 39.9 Å². The Kier molecular flexibility index (Phi) is 8.98. The number of rotatable bonds is 10. The number of aryl methyl sites for hydroxylation is 1. The van der Waals surface area contributed by atoms with Crippen LogP contribution in [0.1, 0.15) is 33.6 Å². The van der Waals surface area contributed by atoms with Crippen molar-refractivity contribution >= 4 is 5.82 Å². The van der Waals surface area contributed by atoms with E-state index in [1.165, 1.54) is 4.90 Å². The molecular formula is C19H36N4O7. The topological polar surface area (TPSA) is 154 Å². The first-order chi connectivity index (χ1) is 14.0. The van der Waals surface area contributed by atoms with Gasteiger partial charge in [0.2, 0.25) is 0 Å². The Balaban J connectivity index is 1.76. The van der Waals surface area contributed by atoms with Gasteiger partial charge in [-0.15, -0.1) is 5.10 Å². The number of likely N-dealkylation sites (N-methyl/N-ethyl adjacent to an activating group) is 1. The van der Waals surface area contributed by atoms with Gasteiger partial charge in [-0.3, -0.25) is 4.68 Å². The molecule has 11 nitrogen and oxygen atoms in total. The first-order valence-electron chi connectivity index (χ1n) is 10.3. The molecule has 4 unspecified atom stereocenters. The zero-order chi connectivity index (χ0) is 22.5. The number of aliphatic hydroxyl groups is 5. The van der Waals surface area contributed by atoms with E-state index in [1.54, 1.807) is 17.9 Å². The molecule has 2 rings (SSSR count). The number of hydrogen-bond acceptors (Lipinski definition) is 10. The van der Waals surface area contributed by atoms with E-state index in [0.29, 0.717) is 32.2 Å². The summed E-state index contributed by atoms with van der Waals surface area (Å²) in [5.41, 5.74) is -0.141. The van der Waals surface area contributed by atoms with Crippen LogP contribution in [0.5, 0.6) is 0 Å². The van der Waals surface area contributed by atoms with Crippen molar-refractivity contribution in [2.75, 3.05) is 31.8 Å². The summed E-state index contributed by atoms with van der Waals surface area (Å²) in [5.74, 6) is 0.356. The molecule has 0 radical (unpaired) electrons. The minimum absolute atomic E-state index is 0.141. The Bertz CT molecular complexity index is 623. The van der Waals surface area contributed by atoms with Crippen molar-refractivity contribution in [3.05, 3.63) is 6.20 Å². The van der Waals surface area contributed by atoms with E-state index in [1.807, 2.05) is 20.8 Å². The number of hydrogen-bond donors (Lipinski definition) is 5. The molecular weight excluding hydrogens is 396 g/mol. The van der Waals surface area contributed by atoms with Gasteiger partial charge in [0, 0.05) is 33.4 Å². The van der Waals surface area contributed by atoms with Crippen LogP contribution >= 0.6 is 0 Å². The summed E-state index contributed by atoms with van der Waals surface area (Å²) in [6, 6.07) is -1.05. The van der Waals surface area contributed by atoms with Gasteiger partial charge in [-0.25, -0.2) is 0 Å². The minimum Gasteiger partial charge on any atom is -0.388 e. The van der Waals surface area contributed by atoms with Crippen molar-refractivity contribution < 1.29 is 35.0 Å². The number of ether oxygens (including phenoxy) is 2. The van der Waals surface area contributed by atoms with E-state index in [0.717, 1.165) is 12.8 Å². The highest BCUT2D eigenvalue weighted by molar-refractivity contribution is 5.37. The van der Waals surface area contributed by atoms with Crippen molar-refractivity contribution in [2.45, 2.75) is 82.3 Å². The van der Waals surface area contributed by atoms with Gasteiger partial charge in [0.1, 0.15) is 30.5 Å². The lowest BCUT2D eigenvalue weighted by Crippen LogP contribution is -2.68. The Hall–Kier alpha value is -1.34. The van der Waals surface area contributed by atoms with Crippen LogP contribution in [0.4, 0.5) is 5.82 Å². The fourth-order valence-electron chi connectivity index (χ4n) is 3.35. The van der Waals surface area contributed by atoms with E-state index in [2.05, 4.69) is 10.3 Å². The molecule has 1 aliphatic rings. The lowest BCUT2D eigenvalue weighted by Gasteiger charge is -2.45. The summed E-state index contributed by atoms with van der Waals surface area (Å²) in [7, 11) is 1.56. The molecule has 0 bridgehead atoms. The van der Waals surface area contributed by atoms with E-state index < -0.39 is 36.6 Å². The fourth-order valence-corrected chi connectivity index (χ4v) is 3.35. The van der Waals surface area contributed by atoms with Gasteiger partial charge >= 0.3 is 0 Å². The van der Waals surface area contributed by atoms with Gasteiger partial charge in [-0.05, 0) is 33.6 Å². The number of anilines is 1. The number of aliphatic hydroxyl groups excluding tert-OH is 5. The fraction of sp³-hybridized carbons (Fsp3) is 0.895. The monoisotopic (exact) mass is 432 g/mol. The van der Waals surface area contributed by atoms with Gasteiger partial charge in [0.25, 0.3) is 0 Å². The second-order valence-corrected chi connectivity index (χ2v) is 8.67. The van der Waals surface area contributed by atoms with Crippen molar-refractivity contribution in [1.29, 1.82) is 0 Å². The van der Waals surface area contributed by atoms with Gasteiger partial charge in [-0.1, -0.05) is 5.21 Å². The van der Waals surface area contributed by atoms with Crippen molar-refractivity contribution in [2.24, 2.45) is 0 Å². The minimum atomic E-state index is -1.63. The maximum absolute atomic E-state index is 10.2. The zero-order valence-corrected chi connectivity index (χ0v) is 18.1. The smallest absolute Gasteiger partial charge is 0.171 e. The largest absolute Gasteiger partial charge is 0.388 e. The van der Waals surface area contributed by atoms with Crippen LogP contribution in [0.15, 0.2) is 6.20 Å². The normalized spacial score (nSPS) is 29.9. The van der Waals surface area contributed by atoms with Gasteiger partial charge in [-0.2, -0.15) is 0 Å². The lowest BCUT2D eigenvalue weighted by atomic mass is 9.82. The summed E-state index contributed by atoms with van der Waals surface area (Å²) in [6.45, 7) is 8.45. The average molecular weight is 433 g/mol. The first kappa shape index (κ1) is 24.9. The molecule has 0 aliphatic heterocycles. The summed E-state index contributed by atoms with van der Waals surface area (Å²) in [6.07, 6.45) is -4.54. The summed E-state index contributed by atoms with van der Waals surface area (Å²) in [4.78, 5) is 1.43. The number of nitrogens with zero attached hydrogens (tertiary/aromatic N) is 4. The first-order valence-corrected chi connectivity index (χ1v) is 10.3. The van der Waals surface area contributed by atoms with Gasteiger partial charge in [0.05, 0.1) is 17.8 Å². The maximum atomic E-state index is 10.2. The van der Waals surface area contributed by atoms with Crippen molar-refractivity contribution in [3.8, 4) is 0 Å². The Morgan fingerprint density at radius 1 is 0.933 bits per heavy atom. The van der Waals surface area contributed by atoms with Crippen LogP contribution in [-0.4, -0.2) is 110 Å². The third-order valence-electron chi connectivity index (χ3n) is 5.08. The molecule has 1 fully saturated rings. The van der Waals surface area contributed by atoms with Crippen LogP contribution in [0.3, 0.4) is 0 Å². The Morgan fingerprint density at radius 3 is 2.10 bits per heavy atom. The maximum Gasteiger partial charge on any atom is 0.171 e. The highest BCUT2D eigenvalue weighted by atomic mass is 16.5. The van der Waals surface area contributed by atoms with Crippen molar-refractivity contribution in [1.82, 2.24) is 15.0 Å². The molecule has 1 saturated carbocycles. The van der Waals surface area contributed by atoms with E-state index in [9.17, 15) is 25.5 Å². The average Bonchev–Trinajstić information content (AvgIpc) is 3.15. The zero-order valence-electron chi connectivity index (χ0n) is 18.1. The molecule has 0 saturated heterocycles. The lowest BCUT2D eigenvalue weighted by molar-refractivity contribution is -0.185. The number of aromatic nitrogens is 3. The second-order valence-electron chi connectivity index (χ2n) is 8.67. The predicted octanol–water partition coefficient (Wildman–Crippen LogP) is -1.49. The molecule has 4 atom stereocenters. The van der Waals surface area contributed by atoms with E-state index >= 15 is 0 Å². The summed E-state index contributed by atoms with van der Waals surface area (Å²) in [5, 5.41) is 58.0. The highest BCUT2D eigenvalue weighted by Crippen LogP contribution is 2.27. The van der Waals surface area contributed by atoms with Gasteiger partial charge in [0.15, 0.2) is 5.82 Å². The summed E-state index contributed by atoms with van der Waals surface area (Å²) < 4.78 is 12.8. The molecule has 1 heterocycles. The standard InChI is InChI=1S/C19H36N4O7/c1-19(2,3)30-10-6-9-29-8-5-7-23-11-12(20-21-23)22(4)13-14(24)16(26)18(28)17(27)15(13)25/h11,13-18,24-28H,5-10H2,1-4H3. The Morgan fingerprint density at radius 2 is 1.50 bits per heavy atom. The predicted molar refractivity (Wildman–Crippen MR) is 108 cm³/mol. The molecule has 1 aromatic heterocycles. The molecule has 174 valence electrons. The van der Waals surface area contributed by atoms with Crippen LogP contribution in [0, 0.1) is 0 Å².